The maximum atomic E-state index is 4.56. The summed E-state index contributed by atoms with van der Waals surface area (Å²) in [5.74, 6) is 0. The lowest BCUT2D eigenvalue weighted by molar-refractivity contribution is 0.150. The molecule has 0 unspecified atom stereocenters. The van der Waals surface area contributed by atoms with Crippen LogP contribution in [0.2, 0.25) is 0 Å². The monoisotopic (exact) mass is 293 g/mol. The fourth-order valence-corrected chi connectivity index (χ4v) is 4.17. The number of hydrogen-bond acceptors (Lipinski definition) is 5. The molecule has 0 amide bonds. The molecule has 1 saturated heterocycles. The molecule has 3 rings (SSSR count). The molecule has 0 aromatic carbocycles. The predicted octanol–water partition coefficient (Wildman–Crippen LogP) is 3.68. The quantitative estimate of drug-likeness (QED) is 0.861. The van der Waals surface area contributed by atoms with E-state index in [-0.39, 0.29) is 0 Å². The van der Waals surface area contributed by atoms with Crippen LogP contribution in [0.3, 0.4) is 0 Å². The van der Waals surface area contributed by atoms with Gasteiger partial charge in [-0.2, -0.15) is 0 Å². The van der Waals surface area contributed by atoms with Crippen molar-refractivity contribution in [1.29, 1.82) is 0 Å². The van der Waals surface area contributed by atoms with E-state index < -0.39 is 0 Å². The molecule has 1 atom stereocenters. The number of hydrogen-bond donors (Lipinski definition) is 0. The van der Waals surface area contributed by atoms with Gasteiger partial charge in [0.05, 0.1) is 16.7 Å². The summed E-state index contributed by atoms with van der Waals surface area (Å²) < 4.78 is 0. The molecule has 2 aromatic heterocycles. The van der Waals surface area contributed by atoms with Gasteiger partial charge in [0.25, 0.3) is 0 Å². The van der Waals surface area contributed by atoms with Crippen molar-refractivity contribution < 1.29 is 0 Å². The second-order valence-corrected chi connectivity index (χ2v) is 7.01. The third kappa shape index (κ3) is 3.22. The Balaban J connectivity index is 1.64. The topological polar surface area (TPSA) is 29.0 Å². The standard InChI is InChI=1S/C14H19N3S2/c1-11-16-12(10-19-11)5-8-17-7-3-2-4-13(17)14-15-6-9-18-14/h6,9-10,13H,2-5,7-8H2,1H3/t13-/m1/s1. The third-order valence-electron chi connectivity index (χ3n) is 3.67. The van der Waals surface area contributed by atoms with Crippen molar-refractivity contribution in [2.75, 3.05) is 13.1 Å². The fraction of sp³-hybridized carbons (Fsp3) is 0.571. The van der Waals surface area contributed by atoms with E-state index in [1.165, 1.54) is 41.5 Å². The van der Waals surface area contributed by atoms with Gasteiger partial charge in [0, 0.05) is 29.9 Å². The van der Waals surface area contributed by atoms with E-state index in [1.54, 1.807) is 22.7 Å². The van der Waals surface area contributed by atoms with Crippen LogP contribution in [0.1, 0.15) is 41.0 Å². The Morgan fingerprint density at radius 3 is 3.05 bits per heavy atom. The number of rotatable bonds is 4. The summed E-state index contributed by atoms with van der Waals surface area (Å²) in [5.41, 5.74) is 1.24. The van der Waals surface area contributed by atoms with Gasteiger partial charge in [0.1, 0.15) is 5.01 Å². The van der Waals surface area contributed by atoms with Crippen LogP contribution in [-0.2, 0) is 6.42 Å². The van der Waals surface area contributed by atoms with E-state index in [4.69, 9.17) is 0 Å². The van der Waals surface area contributed by atoms with Crippen molar-refractivity contribution in [2.24, 2.45) is 0 Å². The van der Waals surface area contributed by atoms with Gasteiger partial charge in [0.15, 0.2) is 0 Å². The second-order valence-electron chi connectivity index (χ2n) is 5.03. The Kier molecular flexibility index (Phi) is 4.25. The van der Waals surface area contributed by atoms with Crippen molar-refractivity contribution in [1.82, 2.24) is 14.9 Å². The molecule has 5 heteroatoms. The zero-order valence-electron chi connectivity index (χ0n) is 11.2. The Morgan fingerprint density at radius 1 is 1.37 bits per heavy atom. The van der Waals surface area contributed by atoms with Crippen molar-refractivity contribution in [3.8, 4) is 0 Å². The Morgan fingerprint density at radius 2 is 2.32 bits per heavy atom. The molecule has 1 fully saturated rings. The first-order valence-corrected chi connectivity index (χ1v) is 8.63. The molecule has 0 aliphatic carbocycles. The minimum atomic E-state index is 0.536. The molecular weight excluding hydrogens is 274 g/mol. The van der Waals surface area contributed by atoms with Crippen LogP contribution in [0, 0.1) is 6.92 Å². The van der Waals surface area contributed by atoms with Crippen LogP contribution >= 0.6 is 22.7 Å². The number of nitrogens with zero attached hydrogens (tertiary/aromatic N) is 3. The smallest absolute Gasteiger partial charge is 0.110 e. The average Bonchev–Trinajstić information content (AvgIpc) is 3.08. The highest BCUT2D eigenvalue weighted by Crippen LogP contribution is 2.31. The molecular formula is C14H19N3S2. The molecule has 0 bridgehead atoms. The summed E-state index contributed by atoms with van der Waals surface area (Å²) in [4.78, 5) is 11.7. The van der Waals surface area contributed by atoms with Crippen molar-refractivity contribution >= 4 is 22.7 Å². The van der Waals surface area contributed by atoms with Crippen LogP contribution in [0.25, 0.3) is 0 Å². The van der Waals surface area contributed by atoms with Crippen molar-refractivity contribution in [3.05, 3.63) is 32.7 Å². The van der Waals surface area contributed by atoms with Crippen LogP contribution in [-0.4, -0.2) is 28.0 Å². The normalized spacial score (nSPS) is 20.8. The first-order valence-electron chi connectivity index (χ1n) is 6.87. The molecule has 3 heterocycles. The molecule has 1 aliphatic heterocycles. The predicted molar refractivity (Wildman–Crippen MR) is 80.8 cm³/mol. The van der Waals surface area contributed by atoms with Gasteiger partial charge in [-0.05, 0) is 26.3 Å². The van der Waals surface area contributed by atoms with E-state index >= 15 is 0 Å². The highest BCUT2D eigenvalue weighted by atomic mass is 32.1. The third-order valence-corrected chi connectivity index (χ3v) is 5.37. The zero-order chi connectivity index (χ0) is 13.1. The molecule has 1 aliphatic rings. The zero-order valence-corrected chi connectivity index (χ0v) is 12.8. The number of thiazole rings is 2. The maximum Gasteiger partial charge on any atom is 0.110 e. The summed E-state index contributed by atoms with van der Waals surface area (Å²) in [5, 5.41) is 6.74. The molecule has 0 N–H and O–H groups in total. The Bertz CT molecular complexity index is 507. The second kappa shape index (κ2) is 6.11. The fourth-order valence-electron chi connectivity index (χ4n) is 2.72. The van der Waals surface area contributed by atoms with Gasteiger partial charge in [-0.1, -0.05) is 6.42 Å². The number of aryl methyl sites for hydroxylation is 1. The van der Waals surface area contributed by atoms with Crippen molar-refractivity contribution in [2.45, 2.75) is 38.6 Å². The molecule has 0 spiro atoms. The number of piperidine rings is 1. The molecule has 0 radical (unpaired) electrons. The van der Waals surface area contributed by atoms with Gasteiger partial charge >= 0.3 is 0 Å². The minimum Gasteiger partial charge on any atom is -0.294 e. The summed E-state index contributed by atoms with van der Waals surface area (Å²) in [6.45, 7) is 4.38. The Hall–Kier alpha value is -0.780. The summed E-state index contributed by atoms with van der Waals surface area (Å²) in [7, 11) is 0. The highest BCUT2D eigenvalue weighted by Gasteiger charge is 2.25. The van der Waals surface area contributed by atoms with Crippen LogP contribution in [0.4, 0.5) is 0 Å². The van der Waals surface area contributed by atoms with Gasteiger partial charge in [-0.25, -0.2) is 9.97 Å². The van der Waals surface area contributed by atoms with Crippen LogP contribution in [0.15, 0.2) is 17.0 Å². The van der Waals surface area contributed by atoms with Crippen molar-refractivity contribution in [3.63, 3.8) is 0 Å². The maximum absolute atomic E-state index is 4.56. The van der Waals surface area contributed by atoms with Gasteiger partial charge in [0.2, 0.25) is 0 Å². The molecule has 3 nitrogen and oxygen atoms in total. The van der Waals surface area contributed by atoms with E-state index in [9.17, 15) is 0 Å². The lowest BCUT2D eigenvalue weighted by Gasteiger charge is -2.34. The van der Waals surface area contributed by atoms with Gasteiger partial charge < -0.3 is 0 Å². The average molecular weight is 293 g/mol. The lowest BCUT2D eigenvalue weighted by Crippen LogP contribution is -2.35. The van der Waals surface area contributed by atoms with Crippen LogP contribution < -0.4 is 0 Å². The lowest BCUT2D eigenvalue weighted by atomic mass is 10.0. The first kappa shape index (κ1) is 13.2. The van der Waals surface area contributed by atoms with E-state index in [2.05, 4.69) is 32.6 Å². The number of likely N-dealkylation sites (tertiary alicyclic amines) is 1. The van der Waals surface area contributed by atoms with E-state index in [0.717, 1.165) is 13.0 Å². The molecule has 2 aromatic rings. The first-order chi connectivity index (χ1) is 9.33. The summed E-state index contributed by atoms with van der Waals surface area (Å²) in [6, 6.07) is 0.536. The summed E-state index contributed by atoms with van der Waals surface area (Å²) in [6.07, 6.45) is 6.89. The molecule has 0 saturated carbocycles. The number of aromatic nitrogens is 2. The highest BCUT2D eigenvalue weighted by molar-refractivity contribution is 7.09. The van der Waals surface area contributed by atoms with Gasteiger partial charge in [-0.15, -0.1) is 22.7 Å². The SMILES string of the molecule is Cc1nc(CCN2CCCC[C@@H]2c2nccs2)cs1. The molecule has 19 heavy (non-hydrogen) atoms. The molecule has 102 valence electrons. The minimum absolute atomic E-state index is 0.536. The van der Waals surface area contributed by atoms with E-state index in [0.29, 0.717) is 6.04 Å². The van der Waals surface area contributed by atoms with Gasteiger partial charge in [-0.3, -0.25) is 4.90 Å². The Labute approximate surface area is 122 Å². The van der Waals surface area contributed by atoms with Crippen LogP contribution in [0.5, 0.6) is 0 Å². The van der Waals surface area contributed by atoms with E-state index in [1.807, 2.05) is 6.20 Å². The largest absolute Gasteiger partial charge is 0.294 e. The summed E-state index contributed by atoms with van der Waals surface area (Å²) >= 11 is 3.54.